The minimum atomic E-state index is -1.10. The van der Waals surface area contributed by atoms with Crippen LogP contribution in [-0.4, -0.2) is 25.0 Å². The predicted molar refractivity (Wildman–Crippen MR) is 170 cm³/mol. The summed E-state index contributed by atoms with van der Waals surface area (Å²) in [5.74, 6) is -1.11. The lowest BCUT2D eigenvalue weighted by atomic mass is 9.65. The van der Waals surface area contributed by atoms with Crippen molar-refractivity contribution in [2.45, 2.75) is 62.4 Å². The van der Waals surface area contributed by atoms with Gasteiger partial charge >= 0.3 is 0 Å². The van der Waals surface area contributed by atoms with Gasteiger partial charge in [0.25, 0.3) is 0 Å². The summed E-state index contributed by atoms with van der Waals surface area (Å²) in [5.41, 5.74) is 17.3. The van der Waals surface area contributed by atoms with E-state index in [4.69, 9.17) is 11.5 Å². The lowest BCUT2D eigenvalue weighted by Crippen LogP contribution is -2.49. The first-order valence-corrected chi connectivity index (χ1v) is 14.7. The number of para-hydroxylation sites is 1. The highest BCUT2D eigenvalue weighted by atomic mass is 16.3. The fourth-order valence-electron chi connectivity index (χ4n) is 6.43. The van der Waals surface area contributed by atoms with Crippen LogP contribution in [0, 0.1) is 0 Å². The van der Waals surface area contributed by atoms with E-state index in [0.29, 0.717) is 11.1 Å². The SMILES string of the molecule is CC(c1ccccn1)C(N)(c1cccc(C(N)(C(C)c2ccccn2)C(C)c2ccccn2)c1O)C(C)c1ccccn1. The monoisotopic (exact) mass is 572 g/mol. The van der Waals surface area contributed by atoms with E-state index in [0.717, 1.165) is 22.8 Å². The van der Waals surface area contributed by atoms with E-state index in [9.17, 15) is 5.11 Å². The molecule has 0 aliphatic rings. The lowest BCUT2D eigenvalue weighted by Gasteiger charge is -2.44. The number of aromatic nitrogens is 4. The lowest BCUT2D eigenvalue weighted by molar-refractivity contribution is 0.273. The molecule has 5 aromatic rings. The second-order valence-corrected chi connectivity index (χ2v) is 11.5. The highest BCUT2D eigenvalue weighted by molar-refractivity contribution is 5.53. The van der Waals surface area contributed by atoms with Crippen LogP contribution in [0.2, 0.25) is 0 Å². The molecule has 5 rings (SSSR count). The molecule has 1 aromatic carbocycles. The number of benzene rings is 1. The van der Waals surface area contributed by atoms with Gasteiger partial charge in [-0.1, -0.05) is 70.2 Å². The van der Waals surface area contributed by atoms with Gasteiger partial charge in [0.15, 0.2) is 0 Å². The maximum Gasteiger partial charge on any atom is 0.125 e. The number of aromatic hydroxyl groups is 1. The summed E-state index contributed by atoms with van der Waals surface area (Å²) in [6.45, 7) is 8.21. The van der Waals surface area contributed by atoms with E-state index in [1.54, 1.807) is 24.8 Å². The minimum absolute atomic E-state index is 0.0589. The van der Waals surface area contributed by atoms with Gasteiger partial charge in [-0.05, 0) is 48.5 Å². The summed E-state index contributed by atoms with van der Waals surface area (Å²) in [5, 5.41) is 12.4. The molecular formula is C36H40N6O. The van der Waals surface area contributed by atoms with Gasteiger partial charge in [-0.15, -0.1) is 0 Å². The molecule has 0 amide bonds. The summed E-state index contributed by atoms with van der Waals surface area (Å²) in [4.78, 5) is 18.6. The molecule has 0 aliphatic heterocycles. The molecule has 4 atom stereocenters. The van der Waals surface area contributed by atoms with Crippen LogP contribution in [-0.2, 0) is 11.1 Å². The molecule has 43 heavy (non-hydrogen) atoms. The largest absolute Gasteiger partial charge is 0.507 e. The Morgan fingerprint density at radius 3 is 0.977 bits per heavy atom. The molecule has 0 saturated carbocycles. The van der Waals surface area contributed by atoms with Crippen molar-refractivity contribution < 1.29 is 5.11 Å². The Kier molecular flexibility index (Phi) is 8.67. The first-order valence-electron chi connectivity index (χ1n) is 14.7. The van der Waals surface area contributed by atoms with E-state index in [1.807, 2.05) is 91.0 Å². The zero-order valence-electron chi connectivity index (χ0n) is 25.2. The van der Waals surface area contributed by atoms with Gasteiger partial charge in [0.05, 0.1) is 11.1 Å². The predicted octanol–water partition coefficient (Wildman–Crippen LogP) is 6.50. The number of rotatable bonds is 10. The molecule has 7 nitrogen and oxygen atoms in total. The molecule has 4 aromatic heterocycles. The number of hydrogen-bond acceptors (Lipinski definition) is 7. The second-order valence-electron chi connectivity index (χ2n) is 11.5. The van der Waals surface area contributed by atoms with E-state index in [-0.39, 0.29) is 29.4 Å². The molecule has 0 bridgehead atoms. The van der Waals surface area contributed by atoms with Gasteiger partial charge in [0, 0.05) is 82.4 Å². The molecule has 5 N–H and O–H groups in total. The van der Waals surface area contributed by atoms with Crippen molar-refractivity contribution in [3.05, 3.63) is 150 Å². The van der Waals surface area contributed by atoms with Crippen LogP contribution in [0.15, 0.2) is 116 Å². The quantitative estimate of drug-likeness (QED) is 0.175. The molecule has 7 heteroatoms. The zero-order chi connectivity index (χ0) is 30.6. The molecule has 0 radical (unpaired) electrons. The number of phenols is 1. The van der Waals surface area contributed by atoms with Gasteiger partial charge in [0.1, 0.15) is 5.75 Å². The highest BCUT2D eigenvalue weighted by Crippen LogP contribution is 2.52. The number of hydrogen-bond donors (Lipinski definition) is 3. The molecule has 4 unspecified atom stereocenters. The van der Waals surface area contributed by atoms with Crippen LogP contribution in [0.5, 0.6) is 5.75 Å². The number of nitrogens with zero attached hydrogens (tertiary/aromatic N) is 4. The Labute approximate surface area is 254 Å². The van der Waals surface area contributed by atoms with Crippen LogP contribution >= 0.6 is 0 Å². The first-order chi connectivity index (χ1) is 20.7. The Morgan fingerprint density at radius 1 is 0.465 bits per heavy atom. The Morgan fingerprint density at radius 2 is 0.744 bits per heavy atom. The molecule has 0 spiro atoms. The normalized spacial score (nSPS) is 17.2. The third-order valence-corrected chi connectivity index (χ3v) is 9.36. The number of phenolic OH excluding ortho intramolecular Hbond substituents is 1. The molecule has 220 valence electrons. The molecular weight excluding hydrogens is 532 g/mol. The topological polar surface area (TPSA) is 124 Å². The van der Waals surface area contributed by atoms with E-state index in [1.165, 1.54) is 0 Å². The van der Waals surface area contributed by atoms with Crippen LogP contribution in [0.1, 0.15) is 85.3 Å². The fraction of sp³-hybridized carbons (Fsp3) is 0.278. The van der Waals surface area contributed by atoms with E-state index >= 15 is 0 Å². The molecule has 4 heterocycles. The van der Waals surface area contributed by atoms with Gasteiger partial charge < -0.3 is 16.6 Å². The summed E-state index contributed by atoms with van der Waals surface area (Å²) in [7, 11) is 0. The van der Waals surface area contributed by atoms with E-state index in [2.05, 4.69) is 47.6 Å². The van der Waals surface area contributed by atoms with Crippen LogP contribution in [0.3, 0.4) is 0 Å². The minimum Gasteiger partial charge on any atom is -0.507 e. The first kappa shape index (κ1) is 30.0. The maximum absolute atomic E-state index is 12.4. The summed E-state index contributed by atoms with van der Waals surface area (Å²) in [6, 6.07) is 29.0. The summed E-state index contributed by atoms with van der Waals surface area (Å²) >= 11 is 0. The Bertz CT molecular complexity index is 1410. The highest BCUT2D eigenvalue weighted by Gasteiger charge is 2.48. The van der Waals surface area contributed by atoms with Crippen molar-refractivity contribution in [1.29, 1.82) is 0 Å². The average molecular weight is 573 g/mol. The van der Waals surface area contributed by atoms with Crippen molar-refractivity contribution >= 4 is 0 Å². The third-order valence-electron chi connectivity index (χ3n) is 9.36. The van der Waals surface area contributed by atoms with Crippen LogP contribution < -0.4 is 11.5 Å². The van der Waals surface area contributed by atoms with Gasteiger partial charge in [-0.3, -0.25) is 19.9 Å². The van der Waals surface area contributed by atoms with Crippen molar-refractivity contribution in [1.82, 2.24) is 19.9 Å². The number of pyridine rings is 4. The maximum atomic E-state index is 12.4. The average Bonchev–Trinajstić information content (AvgIpc) is 3.07. The smallest absolute Gasteiger partial charge is 0.125 e. The second kappa shape index (κ2) is 12.4. The molecule has 0 aliphatic carbocycles. The van der Waals surface area contributed by atoms with E-state index < -0.39 is 11.1 Å². The third kappa shape index (κ3) is 5.42. The van der Waals surface area contributed by atoms with Crippen molar-refractivity contribution in [3.8, 4) is 5.75 Å². The standard InChI is InChI=1S/C36H40N6O/c1-24(30-16-5-9-20-39-30)35(37,25(2)31-17-6-10-21-40-31)28-14-13-15-29(34(28)43)36(38,26(3)32-18-7-11-22-41-32)27(4)33-19-8-12-23-42-33/h5-27,43H,37-38H2,1-4H3. The zero-order valence-corrected chi connectivity index (χ0v) is 25.2. The van der Waals surface area contributed by atoms with Gasteiger partial charge in [-0.25, -0.2) is 0 Å². The number of nitrogens with two attached hydrogens (primary N) is 2. The van der Waals surface area contributed by atoms with Gasteiger partial charge in [-0.2, -0.15) is 0 Å². The van der Waals surface area contributed by atoms with Crippen LogP contribution in [0.25, 0.3) is 0 Å². The van der Waals surface area contributed by atoms with Crippen LogP contribution in [0.4, 0.5) is 0 Å². The summed E-state index contributed by atoms with van der Waals surface area (Å²) in [6.07, 6.45) is 7.06. The van der Waals surface area contributed by atoms with Crippen molar-refractivity contribution in [2.24, 2.45) is 11.5 Å². The Balaban J connectivity index is 1.74. The fourth-order valence-corrected chi connectivity index (χ4v) is 6.43. The Hall–Kier alpha value is -4.46. The van der Waals surface area contributed by atoms with Gasteiger partial charge in [0.2, 0.25) is 0 Å². The summed E-state index contributed by atoms with van der Waals surface area (Å²) < 4.78 is 0. The van der Waals surface area contributed by atoms with Crippen molar-refractivity contribution in [2.75, 3.05) is 0 Å². The van der Waals surface area contributed by atoms with Crippen molar-refractivity contribution in [3.63, 3.8) is 0 Å². The molecule has 0 saturated heterocycles. The molecule has 0 fully saturated rings.